The van der Waals surface area contributed by atoms with E-state index in [2.05, 4.69) is 12.2 Å². The molecule has 0 amide bonds. The van der Waals surface area contributed by atoms with Gasteiger partial charge >= 0.3 is 0 Å². The Morgan fingerprint density at radius 2 is 2.00 bits per heavy atom. The molecule has 1 aliphatic heterocycles. The lowest BCUT2D eigenvalue weighted by molar-refractivity contribution is 0.413. The van der Waals surface area contributed by atoms with Crippen LogP contribution in [0.4, 0.5) is 0 Å². The third-order valence-electron chi connectivity index (χ3n) is 3.56. The lowest BCUT2D eigenvalue weighted by Gasteiger charge is -2.26. The first-order chi connectivity index (χ1) is 9.00. The van der Waals surface area contributed by atoms with Crippen LogP contribution in [-0.4, -0.2) is 33.1 Å². The minimum Gasteiger partial charge on any atom is -0.497 e. The van der Waals surface area contributed by atoms with Crippen molar-refractivity contribution in [1.82, 2.24) is 5.32 Å². The highest BCUT2D eigenvalue weighted by Gasteiger charge is 2.25. The average Bonchev–Trinajstić information content (AvgIpc) is 2.37. The summed E-state index contributed by atoms with van der Waals surface area (Å²) in [4.78, 5) is 0. The molecule has 2 rings (SSSR count). The summed E-state index contributed by atoms with van der Waals surface area (Å²) in [5.41, 5.74) is 1.14. The third kappa shape index (κ3) is 3.94. The van der Waals surface area contributed by atoms with Gasteiger partial charge in [0.25, 0.3) is 0 Å². The predicted molar refractivity (Wildman–Crippen MR) is 76.2 cm³/mol. The van der Waals surface area contributed by atoms with Gasteiger partial charge in [-0.2, -0.15) is 0 Å². The van der Waals surface area contributed by atoms with E-state index in [1.165, 1.54) is 0 Å². The molecule has 1 aromatic rings. The highest BCUT2D eigenvalue weighted by molar-refractivity contribution is 7.91. The Balaban J connectivity index is 1.98. The Hall–Kier alpha value is -1.07. The monoisotopic (exact) mass is 283 g/mol. The molecule has 0 bridgehead atoms. The molecule has 1 aliphatic rings. The maximum absolute atomic E-state index is 11.6. The van der Waals surface area contributed by atoms with Crippen LogP contribution in [-0.2, 0) is 9.84 Å². The summed E-state index contributed by atoms with van der Waals surface area (Å²) >= 11 is 0. The van der Waals surface area contributed by atoms with Crippen molar-refractivity contribution in [2.24, 2.45) is 0 Å². The first kappa shape index (κ1) is 14.3. The summed E-state index contributed by atoms with van der Waals surface area (Å²) < 4.78 is 28.3. The fourth-order valence-electron chi connectivity index (χ4n) is 2.50. The summed E-state index contributed by atoms with van der Waals surface area (Å²) in [5.74, 6) is 1.42. The van der Waals surface area contributed by atoms with Gasteiger partial charge in [0.2, 0.25) is 0 Å². The van der Waals surface area contributed by atoms with Gasteiger partial charge in [0.1, 0.15) is 5.75 Å². The van der Waals surface area contributed by atoms with Crippen molar-refractivity contribution in [3.63, 3.8) is 0 Å². The number of sulfone groups is 1. The normalized spacial score (nSPS) is 23.8. The van der Waals surface area contributed by atoms with Crippen molar-refractivity contribution in [3.8, 4) is 5.75 Å². The second-order valence-corrected chi connectivity index (χ2v) is 7.34. The molecule has 1 heterocycles. The Morgan fingerprint density at radius 1 is 1.32 bits per heavy atom. The van der Waals surface area contributed by atoms with Crippen LogP contribution in [0.3, 0.4) is 0 Å². The average molecular weight is 283 g/mol. The zero-order valence-electron chi connectivity index (χ0n) is 11.4. The summed E-state index contributed by atoms with van der Waals surface area (Å²) in [7, 11) is -1.21. The Bertz CT molecular complexity index is 510. The van der Waals surface area contributed by atoms with Crippen LogP contribution < -0.4 is 10.1 Å². The fraction of sp³-hybridized carbons (Fsp3) is 0.571. The summed E-state index contributed by atoms with van der Waals surface area (Å²) in [6, 6.07) is 8.07. The standard InChI is InChI=1S/C14H21NO3S/c1-11(12-5-7-14(18-2)8-6-12)15-13-4-3-9-19(16,17)10-13/h5-8,11,13,15H,3-4,9-10H2,1-2H3/t11-,13?/m0/s1. The van der Waals surface area contributed by atoms with Crippen molar-refractivity contribution in [1.29, 1.82) is 0 Å². The van der Waals surface area contributed by atoms with Crippen molar-refractivity contribution in [2.75, 3.05) is 18.6 Å². The smallest absolute Gasteiger partial charge is 0.151 e. The molecule has 0 saturated carbocycles. The molecular formula is C14H21NO3S. The molecule has 1 fully saturated rings. The van der Waals surface area contributed by atoms with Gasteiger partial charge in [-0.25, -0.2) is 8.42 Å². The van der Waals surface area contributed by atoms with Crippen LogP contribution in [0.5, 0.6) is 5.75 Å². The molecular weight excluding hydrogens is 262 g/mol. The number of benzene rings is 1. The van der Waals surface area contributed by atoms with Crippen molar-refractivity contribution in [2.45, 2.75) is 31.8 Å². The molecule has 2 atom stereocenters. The second kappa shape index (κ2) is 5.92. The molecule has 0 spiro atoms. The van der Waals surface area contributed by atoms with E-state index in [1.807, 2.05) is 24.3 Å². The Labute approximate surface area is 115 Å². The van der Waals surface area contributed by atoms with E-state index in [1.54, 1.807) is 7.11 Å². The zero-order valence-corrected chi connectivity index (χ0v) is 12.2. The van der Waals surface area contributed by atoms with E-state index < -0.39 is 9.84 Å². The van der Waals surface area contributed by atoms with Gasteiger partial charge < -0.3 is 10.1 Å². The van der Waals surface area contributed by atoms with Crippen molar-refractivity contribution >= 4 is 9.84 Å². The second-order valence-electron chi connectivity index (χ2n) is 5.12. The van der Waals surface area contributed by atoms with Gasteiger partial charge in [-0.15, -0.1) is 0 Å². The molecule has 4 nitrogen and oxygen atoms in total. The number of methoxy groups -OCH3 is 1. The molecule has 0 radical (unpaired) electrons. The van der Waals surface area contributed by atoms with Crippen LogP contribution >= 0.6 is 0 Å². The van der Waals surface area contributed by atoms with E-state index >= 15 is 0 Å². The number of rotatable bonds is 4. The predicted octanol–water partition coefficient (Wildman–Crippen LogP) is 1.92. The van der Waals surface area contributed by atoms with Gasteiger partial charge in [0, 0.05) is 12.1 Å². The number of ether oxygens (including phenoxy) is 1. The maximum atomic E-state index is 11.6. The first-order valence-electron chi connectivity index (χ1n) is 6.60. The van der Waals surface area contributed by atoms with Crippen LogP contribution in [0.2, 0.25) is 0 Å². The number of hydrogen-bond donors (Lipinski definition) is 1. The largest absolute Gasteiger partial charge is 0.497 e. The summed E-state index contributed by atoms with van der Waals surface area (Å²) in [6.45, 7) is 2.06. The van der Waals surface area contributed by atoms with Crippen LogP contribution in [0.25, 0.3) is 0 Å². The summed E-state index contributed by atoms with van der Waals surface area (Å²) in [6.07, 6.45) is 1.69. The molecule has 106 valence electrons. The van der Waals surface area contributed by atoms with Gasteiger partial charge in [0.05, 0.1) is 18.6 Å². The Kier molecular flexibility index (Phi) is 4.47. The van der Waals surface area contributed by atoms with Crippen molar-refractivity contribution in [3.05, 3.63) is 29.8 Å². The molecule has 19 heavy (non-hydrogen) atoms. The SMILES string of the molecule is COc1ccc([C@H](C)NC2CCCS(=O)(=O)C2)cc1. The molecule has 1 aromatic carbocycles. The van der Waals surface area contributed by atoms with Crippen LogP contribution in [0.1, 0.15) is 31.4 Å². The molecule has 1 saturated heterocycles. The van der Waals surface area contributed by atoms with Crippen LogP contribution in [0, 0.1) is 0 Å². The molecule has 1 N–H and O–H groups in total. The minimum absolute atomic E-state index is 0.0656. The molecule has 5 heteroatoms. The third-order valence-corrected chi connectivity index (χ3v) is 5.39. The first-order valence-corrected chi connectivity index (χ1v) is 8.43. The summed E-state index contributed by atoms with van der Waals surface area (Å²) in [5, 5.41) is 3.41. The number of hydrogen-bond acceptors (Lipinski definition) is 4. The van der Waals surface area contributed by atoms with Gasteiger partial charge in [-0.1, -0.05) is 12.1 Å². The van der Waals surface area contributed by atoms with E-state index in [0.29, 0.717) is 5.75 Å². The van der Waals surface area contributed by atoms with E-state index in [9.17, 15) is 8.42 Å². The van der Waals surface area contributed by atoms with E-state index in [0.717, 1.165) is 24.2 Å². The Morgan fingerprint density at radius 3 is 2.58 bits per heavy atom. The lowest BCUT2D eigenvalue weighted by Crippen LogP contribution is -2.41. The highest BCUT2D eigenvalue weighted by atomic mass is 32.2. The lowest BCUT2D eigenvalue weighted by atomic mass is 10.1. The fourth-order valence-corrected chi connectivity index (χ4v) is 4.15. The molecule has 0 aromatic heterocycles. The molecule has 0 aliphatic carbocycles. The zero-order chi connectivity index (χ0) is 13.9. The van der Waals surface area contributed by atoms with Gasteiger partial charge in [0.15, 0.2) is 9.84 Å². The highest BCUT2D eigenvalue weighted by Crippen LogP contribution is 2.20. The van der Waals surface area contributed by atoms with Crippen LogP contribution in [0.15, 0.2) is 24.3 Å². The van der Waals surface area contributed by atoms with Gasteiger partial charge in [-0.3, -0.25) is 0 Å². The van der Waals surface area contributed by atoms with Crippen molar-refractivity contribution < 1.29 is 13.2 Å². The van der Waals surface area contributed by atoms with E-state index in [-0.39, 0.29) is 17.8 Å². The maximum Gasteiger partial charge on any atom is 0.151 e. The van der Waals surface area contributed by atoms with E-state index in [4.69, 9.17) is 4.74 Å². The molecule has 1 unspecified atom stereocenters. The minimum atomic E-state index is -2.85. The topological polar surface area (TPSA) is 55.4 Å². The van der Waals surface area contributed by atoms with Gasteiger partial charge in [-0.05, 0) is 37.5 Å². The number of nitrogens with one attached hydrogen (secondary N) is 1. The quantitative estimate of drug-likeness (QED) is 0.917.